The fourth-order valence-corrected chi connectivity index (χ4v) is 2.84. The van der Waals surface area contributed by atoms with E-state index in [1.54, 1.807) is 0 Å². The van der Waals surface area contributed by atoms with Crippen LogP contribution in [0.15, 0.2) is 18.2 Å². The lowest BCUT2D eigenvalue weighted by Crippen LogP contribution is -2.35. The number of hydrogen-bond acceptors (Lipinski definition) is 4. The summed E-state index contributed by atoms with van der Waals surface area (Å²) in [7, 11) is 0. The summed E-state index contributed by atoms with van der Waals surface area (Å²) in [5.74, 6) is 0.794. The Hall–Kier alpha value is -1.59. The molecular formula is C19H30N2O3. The second-order valence-electron chi connectivity index (χ2n) is 6.44. The van der Waals surface area contributed by atoms with Gasteiger partial charge in [0.1, 0.15) is 11.9 Å². The smallest absolute Gasteiger partial charge is 0.249 e. The van der Waals surface area contributed by atoms with E-state index in [0.29, 0.717) is 19.7 Å². The van der Waals surface area contributed by atoms with Crippen LogP contribution < -0.4 is 15.8 Å². The number of benzene rings is 1. The van der Waals surface area contributed by atoms with Gasteiger partial charge in [0.15, 0.2) is 0 Å². The van der Waals surface area contributed by atoms with E-state index in [4.69, 9.17) is 15.2 Å². The molecule has 24 heavy (non-hydrogen) atoms. The minimum absolute atomic E-state index is 0.0117. The highest BCUT2D eigenvalue weighted by molar-refractivity contribution is 5.81. The highest BCUT2D eigenvalue weighted by Crippen LogP contribution is 2.22. The Morgan fingerprint density at radius 2 is 2.21 bits per heavy atom. The zero-order chi connectivity index (χ0) is 17.4. The van der Waals surface area contributed by atoms with Gasteiger partial charge in [-0.25, -0.2) is 0 Å². The molecule has 1 aromatic carbocycles. The third kappa shape index (κ3) is 5.49. The van der Waals surface area contributed by atoms with Gasteiger partial charge in [0.2, 0.25) is 5.91 Å². The molecule has 1 amide bonds. The van der Waals surface area contributed by atoms with Crippen LogP contribution in [0.4, 0.5) is 0 Å². The first-order valence-corrected chi connectivity index (χ1v) is 8.99. The van der Waals surface area contributed by atoms with Crippen LogP contribution in [-0.4, -0.2) is 31.3 Å². The van der Waals surface area contributed by atoms with E-state index >= 15 is 0 Å². The van der Waals surface area contributed by atoms with Crippen molar-refractivity contribution >= 4 is 5.91 Å². The molecule has 0 saturated carbocycles. The van der Waals surface area contributed by atoms with Crippen molar-refractivity contribution in [1.82, 2.24) is 5.32 Å². The number of unbranched alkanes of at least 4 members (excludes halogenated alkanes) is 2. The minimum Gasteiger partial charge on any atom is -0.493 e. The number of nitrogens with two attached hydrogens (primary N) is 1. The molecule has 1 heterocycles. The van der Waals surface area contributed by atoms with E-state index in [2.05, 4.69) is 12.2 Å². The fourth-order valence-electron chi connectivity index (χ4n) is 2.84. The Morgan fingerprint density at radius 3 is 2.92 bits per heavy atom. The lowest BCUT2D eigenvalue weighted by Gasteiger charge is -2.15. The summed E-state index contributed by atoms with van der Waals surface area (Å²) in [5, 5.41) is 2.96. The molecule has 0 spiro atoms. The van der Waals surface area contributed by atoms with Crippen molar-refractivity contribution in [2.75, 3.05) is 13.2 Å². The average molecular weight is 334 g/mol. The number of rotatable bonds is 9. The Morgan fingerprint density at radius 1 is 1.38 bits per heavy atom. The van der Waals surface area contributed by atoms with Crippen molar-refractivity contribution in [2.24, 2.45) is 5.73 Å². The molecule has 2 rings (SSSR count). The number of aryl methyl sites for hydroxylation is 1. The van der Waals surface area contributed by atoms with Crippen molar-refractivity contribution in [2.45, 2.75) is 64.7 Å². The zero-order valence-corrected chi connectivity index (χ0v) is 14.8. The molecule has 0 unspecified atom stereocenters. The largest absolute Gasteiger partial charge is 0.493 e. The SMILES string of the molecule is CCCCCOc1cc(C)ccc1CNC(=O)[C@@H]1CC[C@H](CN)O1. The van der Waals surface area contributed by atoms with Crippen LogP contribution in [-0.2, 0) is 16.1 Å². The lowest BCUT2D eigenvalue weighted by molar-refractivity contribution is -0.132. The maximum atomic E-state index is 12.2. The number of carbonyl (C=O) groups is 1. The Labute approximate surface area is 144 Å². The van der Waals surface area contributed by atoms with Crippen LogP contribution >= 0.6 is 0 Å². The second kappa shape index (κ2) is 9.64. The quantitative estimate of drug-likeness (QED) is 0.681. The van der Waals surface area contributed by atoms with Crippen molar-refractivity contribution in [3.05, 3.63) is 29.3 Å². The summed E-state index contributed by atoms with van der Waals surface area (Å²) in [6, 6.07) is 6.09. The fraction of sp³-hybridized carbons (Fsp3) is 0.632. The van der Waals surface area contributed by atoms with Crippen LogP contribution in [0.1, 0.15) is 50.2 Å². The van der Waals surface area contributed by atoms with Gasteiger partial charge in [0, 0.05) is 18.7 Å². The number of hydrogen-bond donors (Lipinski definition) is 2. The minimum atomic E-state index is -0.377. The van der Waals surface area contributed by atoms with E-state index in [0.717, 1.165) is 36.1 Å². The summed E-state index contributed by atoms with van der Waals surface area (Å²) in [5.41, 5.74) is 7.74. The van der Waals surface area contributed by atoms with E-state index in [-0.39, 0.29) is 18.1 Å². The first-order valence-electron chi connectivity index (χ1n) is 8.99. The molecule has 1 saturated heterocycles. The van der Waals surface area contributed by atoms with E-state index in [9.17, 15) is 4.79 Å². The topological polar surface area (TPSA) is 73.6 Å². The predicted molar refractivity (Wildman–Crippen MR) is 95.0 cm³/mol. The molecule has 3 N–H and O–H groups in total. The zero-order valence-electron chi connectivity index (χ0n) is 14.8. The van der Waals surface area contributed by atoms with Gasteiger partial charge in [-0.1, -0.05) is 31.9 Å². The molecule has 1 aliphatic heterocycles. The van der Waals surface area contributed by atoms with Gasteiger partial charge in [-0.3, -0.25) is 4.79 Å². The van der Waals surface area contributed by atoms with Crippen LogP contribution in [0.5, 0.6) is 5.75 Å². The number of nitrogens with one attached hydrogen (secondary N) is 1. The van der Waals surface area contributed by atoms with Crippen molar-refractivity contribution in [3.63, 3.8) is 0 Å². The van der Waals surface area contributed by atoms with E-state index in [1.165, 1.54) is 12.8 Å². The Balaban J connectivity index is 1.88. The third-order valence-electron chi connectivity index (χ3n) is 4.34. The van der Waals surface area contributed by atoms with Gasteiger partial charge >= 0.3 is 0 Å². The number of carbonyl (C=O) groups excluding carboxylic acids is 1. The molecule has 1 aliphatic rings. The van der Waals surface area contributed by atoms with Crippen molar-refractivity contribution in [3.8, 4) is 5.75 Å². The van der Waals surface area contributed by atoms with Crippen LogP contribution in [0.2, 0.25) is 0 Å². The molecule has 0 bridgehead atoms. The summed E-state index contributed by atoms with van der Waals surface area (Å²) >= 11 is 0. The highest BCUT2D eigenvalue weighted by atomic mass is 16.5. The molecule has 0 radical (unpaired) electrons. The van der Waals surface area contributed by atoms with Crippen LogP contribution in [0, 0.1) is 6.92 Å². The standard InChI is InChI=1S/C19H30N2O3/c1-3-4-5-10-23-18-11-14(2)6-7-15(18)13-21-19(22)17-9-8-16(12-20)24-17/h6-7,11,16-17H,3-5,8-10,12-13,20H2,1-2H3,(H,21,22)/t16-,17+/m1/s1. The Kier molecular flexibility index (Phi) is 7.53. The van der Waals surface area contributed by atoms with Gasteiger partial charge in [-0.05, 0) is 37.8 Å². The molecule has 5 nitrogen and oxygen atoms in total. The summed E-state index contributed by atoms with van der Waals surface area (Å²) in [6.45, 7) is 5.85. The van der Waals surface area contributed by atoms with Gasteiger partial charge in [0.05, 0.1) is 12.7 Å². The summed E-state index contributed by atoms with van der Waals surface area (Å²) in [4.78, 5) is 12.2. The molecule has 0 aromatic heterocycles. The van der Waals surface area contributed by atoms with Crippen LogP contribution in [0.25, 0.3) is 0 Å². The van der Waals surface area contributed by atoms with Gasteiger partial charge < -0.3 is 20.5 Å². The van der Waals surface area contributed by atoms with Gasteiger partial charge in [-0.15, -0.1) is 0 Å². The van der Waals surface area contributed by atoms with E-state index < -0.39 is 0 Å². The maximum Gasteiger partial charge on any atom is 0.249 e. The molecule has 5 heteroatoms. The number of amides is 1. The van der Waals surface area contributed by atoms with Crippen LogP contribution in [0.3, 0.4) is 0 Å². The lowest BCUT2D eigenvalue weighted by atomic mass is 10.1. The highest BCUT2D eigenvalue weighted by Gasteiger charge is 2.29. The van der Waals surface area contributed by atoms with E-state index in [1.807, 2.05) is 25.1 Å². The molecule has 2 atom stereocenters. The first kappa shape index (κ1) is 18.7. The maximum absolute atomic E-state index is 12.2. The molecule has 1 fully saturated rings. The molecule has 1 aromatic rings. The van der Waals surface area contributed by atoms with Gasteiger partial charge in [0.25, 0.3) is 0 Å². The van der Waals surface area contributed by atoms with Gasteiger partial charge in [-0.2, -0.15) is 0 Å². The first-order chi connectivity index (χ1) is 11.6. The van der Waals surface area contributed by atoms with Crippen molar-refractivity contribution in [1.29, 1.82) is 0 Å². The second-order valence-corrected chi connectivity index (χ2v) is 6.44. The monoisotopic (exact) mass is 334 g/mol. The summed E-state index contributed by atoms with van der Waals surface area (Å²) < 4.78 is 11.5. The Bertz CT molecular complexity index is 533. The predicted octanol–water partition coefficient (Wildman–Crippen LogP) is 2.69. The third-order valence-corrected chi connectivity index (χ3v) is 4.34. The molecule has 134 valence electrons. The van der Waals surface area contributed by atoms with Crippen molar-refractivity contribution < 1.29 is 14.3 Å². The normalized spacial score (nSPS) is 20.1. The average Bonchev–Trinajstić information content (AvgIpc) is 3.07. The number of ether oxygens (including phenoxy) is 2. The molecular weight excluding hydrogens is 304 g/mol. The summed E-state index contributed by atoms with van der Waals surface area (Å²) in [6.07, 6.45) is 4.61. The molecule has 0 aliphatic carbocycles.